The fourth-order valence-corrected chi connectivity index (χ4v) is 4.73. The number of nitrogens with zero attached hydrogens (tertiary/aromatic N) is 1. The van der Waals surface area contributed by atoms with Gasteiger partial charge >= 0.3 is 0 Å². The van der Waals surface area contributed by atoms with Crippen molar-refractivity contribution in [2.45, 2.75) is 4.90 Å². The van der Waals surface area contributed by atoms with Crippen molar-refractivity contribution in [2.75, 3.05) is 14.2 Å². The van der Waals surface area contributed by atoms with E-state index in [4.69, 9.17) is 9.47 Å². The van der Waals surface area contributed by atoms with Crippen LogP contribution in [0.3, 0.4) is 0 Å². The highest BCUT2D eigenvalue weighted by molar-refractivity contribution is 9.10. The van der Waals surface area contributed by atoms with Crippen molar-refractivity contribution in [3.05, 3.63) is 53.1 Å². The van der Waals surface area contributed by atoms with E-state index in [9.17, 15) is 8.42 Å². The molecule has 2 aromatic carbocycles. The standard InChI is InChI=1S/C16H14BrNO4S/c1-21-12-3-5-15-11(9-12)7-8-18(15)23(19,20)16-6-4-13(22-2)10-14(16)17/h3-10H,1-2H3. The Labute approximate surface area is 142 Å². The van der Waals surface area contributed by atoms with Gasteiger partial charge in [0.25, 0.3) is 10.0 Å². The number of halogens is 1. The topological polar surface area (TPSA) is 57.5 Å². The molecule has 7 heteroatoms. The number of aromatic nitrogens is 1. The van der Waals surface area contributed by atoms with Crippen LogP contribution in [0, 0.1) is 0 Å². The van der Waals surface area contributed by atoms with Crippen molar-refractivity contribution in [2.24, 2.45) is 0 Å². The zero-order valence-corrected chi connectivity index (χ0v) is 14.9. The zero-order chi connectivity index (χ0) is 16.6. The minimum absolute atomic E-state index is 0.173. The van der Waals surface area contributed by atoms with Crippen LogP contribution in [0.25, 0.3) is 10.9 Å². The molecule has 0 unspecified atom stereocenters. The summed E-state index contributed by atoms with van der Waals surface area (Å²) in [5.74, 6) is 1.26. The van der Waals surface area contributed by atoms with Gasteiger partial charge in [-0.2, -0.15) is 0 Å². The second-order valence-corrected chi connectivity index (χ2v) is 7.48. The van der Waals surface area contributed by atoms with Crippen LogP contribution >= 0.6 is 15.9 Å². The lowest BCUT2D eigenvalue weighted by atomic mass is 10.2. The highest BCUT2D eigenvalue weighted by Gasteiger charge is 2.22. The lowest BCUT2D eigenvalue weighted by Crippen LogP contribution is -2.12. The Morgan fingerprint density at radius 3 is 2.26 bits per heavy atom. The molecule has 0 bridgehead atoms. The second kappa shape index (κ2) is 5.90. The molecular formula is C16H14BrNO4S. The van der Waals surface area contributed by atoms with Gasteiger partial charge < -0.3 is 9.47 Å². The first-order valence-electron chi connectivity index (χ1n) is 6.71. The van der Waals surface area contributed by atoms with Crippen LogP contribution in [0.15, 0.2) is 58.0 Å². The Balaban J connectivity index is 2.17. The molecule has 23 heavy (non-hydrogen) atoms. The van der Waals surface area contributed by atoms with Crippen molar-refractivity contribution in [1.82, 2.24) is 3.97 Å². The predicted molar refractivity (Wildman–Crippen MR) is 91.8 cm³/mol. The summed E-state index contributed by atoms with van der Waals surface area (Å²) in [6.07, 6.45) is 1.54. The Hall–Kier alpha value is -1.99. The number of benzene rings is 2. The monoisotopic (exact) mass is 395 g/mol. The van der Waals surface area contributed by atoms with Crippen molar-refractivity contribution < 1.29 is 17.9 Å². The fourth-order valence-electron chi connectivity index (χ4n) is 2.36. The number of rotatable bonds is 4. The molecule has 0 saturated heterocycles. The second-order valence-electron chi connectivity index (χ2n) is 4.84. The first-order chi connectivity index (χ1) is 11.0. The molecule has 0 radical (unpaired) electrons. The van der Waals surface area contributed by atoms with E-state index in [-0.39, 0.29) is 4.90 Å². The van der Waals surface area contributed by atoms with E-state index >= 15 is 0 Å². The third-order valence-corrected chi connectivity index (χ3v) is 6.20. The zero-order valence-electron chi connectivity index (χ0n) is 12.5. The number of hydrogen-bond acceptors (Lipinski definition) is 4. The highest BCUT2D eigenvalue weighted by atomic mass is 79.9. The molecule has 0 atom stereocenters. The maximum atomic E-state index is 12.9. The van der Waals surface area contributed by atoms with Crippen LogP contribution in [0.5, 0.6) is 11.5 Å². The Kier molecular flexibility index (Phi) is 4.08. The summed E-state index contributed by atoms with van der Waals surface area (Å²) in [6, 6.07) is 11.8. The summed E-state index contributed by atoms with van der Waals surface area (Å²) in [5, 5.41) is 0.789. The van der Waals surface area contributed by atoms with E-state index in [0.717, 1.165) is 5.39 Å². The summed E-state index contributed by atoms with van der Waals surface area (Å²) >= 11 is 3.30. The lowest BCUT2D eigenvalue weighted by molar-refractivity contribution is 0.414. The van der Waals surface area contributed by atoms with Crippen LogP contribution in [0.4, 0.5) is 0 Å². The van der Waals surface area contributed by atoms with Gasteiger partial charge in [0.05, 0.1) is 19.7 Å². The smallest absolute Gasteiger partial charge is 0.269 e. The van der Waals surface area contributed by atoms with Gasteiger partial charge in [-0.15, -0.1) is 0 Å². The van der Waals surface area contributed by atoms with Gasteiger partial charge in [-0.05, 0) is 58.4 Å². The van der Waals surface area contributed by atoms with Gasteiger partial charge in [-0.1, -0.05) is 0 Å². The minimum Gasteiger partial charge on any atom is -0.497 e. The highest BCUT2D eigenvalue weighted by Crippen LogP contribution is 2.31. The van der Waals surface area contributed by atoms with E-state index in [2.05, 4.69) is 15.9 Å². The minimum atomic E-state index is -3.72. The normalized spacial score (nSPS) is 11.6. The molecule has 1 aromatic heterocycles. The van der Waals surface area contributed by atoms with Crippen LogP contribution in [0.2, 0.25) is 0 Å². The molecule has 3 aromatic rings. The first kappa shape index (κ1) is 15.9. The van der Waals surface area contributed by atoms with E-state index in [1.165, 1.54) is 23.3 Å². The summed E-state index contributed by atoms with van der Waals surface area (Å²) in [4.78, 5) is 0.173. The van der Waals surface area contributed by atoms with Gasteiger partial charge in [0.2, 0.25) is 0 Å². The van der Waals surface area contributed by atoms with Crippen molar-refractivity contribution in [3.63, 3.8) is 0 Å². The third kappa shape index (κ3) is 2.70. The van der Waals surface area contributed by atoms with Crippen LogP contribution in [0.1, 0.15) is 0 Å². The number of ether oxygens (including phenoxy) is 2. The molecule has 0 spiro atoms. The van der Waals surface area contributed by atoms with Crippen molar-refractivity contribution in [1.29, 1.82) is 0 Å². The van der Waals surface area contributed by atoms with E-state index in [0.29, 0.717) is 21.5 Å². The lowest BCUT2D eigenvalue weighted by Gasteiger charge is -2.11. The molecule has 0 aliphatic heterocycles. The quantitative estimate of drug-likeness (QED) is 0.676. The van der Waals surface area contributed by atoms with Crippen molar-refractivity contribution in [3.8, 4) is 11.5 Å². The fraction of sp³-hybridized carbons (Fsp3) is 0.125. The molecule has 0 aliphatic rings. The maximum Gasteiger partial charge on any atom is 0.269 e. The number of fused-ring (bicyclic) bond motifs is 1. The van der Waals surface area contributed by atoms with Crippen LogP contribution in [-0.2, 0) is 10.0 Å². The van der Waals surface area contributed by atoms with Crippen molar-refractivity contribution >= 4 is 36.9 Å². The number of methoxy groups -OCH3 is 2. The molecular weight excluding hydrogens is 382 g/mol. The molecule has 0 fully saturated rings. The van der Waals surface area contributed by atoms with Crippen LogP contribution in [-0.4, -0.2) is 26.6 Å². The Bertz CT molecular complexity index is 979. The van der Waals surface area contributed by atoms with Gasteiger partial charge in [-0.3, -0.25) is 0 Å². The molecule has 1 heterocycles. The van der Waals surface area contributed by atoms with E-state index < -0.39 is 10.0 Å². The number of hydrogen-bond donors (Lipinski definition) is 0. The van der Waals surface area contributed by atoms with Gasteiger partial charge in [0, 0.05) is 16.1 Å². The first-order valence-corrected chi connectivity index (χ1v) is 8.95. The van der Waals surface area contributed by atoms with Gasteiger partial charge in [0.1, 0.15) is 16.4 Å². The summed E-state index contributed by atoms with van der Waals surface area (Å²) in [7, 11) is -0.621. The van der Waals surface area contributed by atoms with E-state index in [1.807, 2.05) is 0 Å². The Morgan fingerprint density at radius 2 is 1.61 bits per heavy atom. The maximum absolute atomic E-state index is 12.9. The third-order valence-electron chi connectivity index (χ3n) is 3.54. The summed E-state index contributed by atoms with van der Waals surface area (Å²) < 4.78 is 37.9. The summed E-state index contributed by atoms with van der Waals surface area (Å²) in [6.45, 7) is 0. The van der Waals surface area contributed by atoms with E-state index in [1.54, 1.807) is 43.5 Å². The predicted octanol–water partition coefficient (Wildman–Crippen LogP) is 3.66. The van der Waals surface area contributed by atoms with Crippen LogP contribution < -0.4 is 9.47 Å². The molecule has 0 aliphatic carbocycles. The molecule has 5 nitrogen and oxygen atoms in total. The summed E-state index contributed by atoms with van der Waals surface area (Å²) in [5.41, 5.74) is 0.591. The molecule has 120 valence electrons. The molecule has 0 N–H and O–H groups in total. The largest absolute Gasteiger partial charge is 0.497 e. The molecule has 0 saturated carbocycles. The Morgan fingerprint density at radius 1 is 0.957 bits per heavy atom. The molecule has 0 amide bonds. The molecule has 3 rings (SSSR count). The van der Waals surface area contributed by atoms with Gasteiger partial charge in [-0.25, -0.2) is 12.4 Å². The average Bonchev–Trinajstić information content (AvgIpc) is 2.98. The van der Waals surface area contributed by atoms with Gasteiger partial charge in [0.15, 0.2) is 0 Å². The average molecular weight is 396 g/mol. The SMILES string of the molecule is COc1ccc(S(=O)(=O)n2ccc3cc(OC)ccc32)c(Br)c1.